The second kappa shape index (κ2) is 18.1. The second-order valence-electron chi connectivity index (χ2n) is 7.63. The Kier molecular flexibility index (Phi) is 18.3. The minimum atomic E-state index is -0.360. The third-order valence-electron chi connectivity index (χ3n) is 3.96. The van der Waals surface area contributed by atoms with Crippen LogP contribution >= 0.6 is 0 Å². The van der Waals surface area contributed by atoms with Crippen molar-refractivity contribution in [3.8, 4) is 0 Å². The maximum Gasteiger partial charge on any atom is 0.239 e. The number of carbonyl (C=O) groups is 3. The molecule has 0 heterocycles. The van der Waals surface area contributed by atoms with Crippen molar-refractivity contribution in [2.45, 2.75) is 91.6 Å². The van der Waals surface area contributed by atoms with Crippen molar-refractivity contribution in [2.75, 3.05) is 6.67 Å². The van der Waals surface area contributed by atoms with Crippen molar-refractivity contribution < 1.29 is 14.4 Å². The average molecular weight is 414 g/mol. The highest BCUT2D eigenvalue weighted by atomic mass is 16.2. The van der Waals surface area contributed by atoms with Gasteiger partial charge < -0.3 is 32.6 Å². The highest BCUT2D eigenvalue weighted by molar-refractivity contribution is 5.80. The van der Waals surface area contributed by atoms with Crippen LogP contribution in [0.4, 0.5) is 0 Å². The molecule has 2 unspecified atom stereocenters. The molecule has 170 valence electrons. The molecule has 0 aliphatic heterocycles. The summed E-state index contributed by atoms with van der Waals surface area (Å²) in [6.45, 7) is 9.86. The van der Waals surface area contributed by atoms with Gasteiger partial charge in [-0.1, -0.05) is 39.2 Å². The Morgan fingerprint density at radius 2 is 1.62 bits per heavy atom. The number of nitrogens with two attached hydrogens (primary N) is 3. The number of allylic oxidation sites excluding steroid dienone is 2. The van der Waals surface area contributed by atoms with Gasteiger partial charge in [-0.15, -0.1) is 0 Å². The summed E-state index contributed by atoms with van der Waals surface area (Å²) in [6, 6.07) is -0.601. The molecule has 1 aliphatic rings. The topological polar surface area (TPSA) is 153 Å². The van der Waals surface area contributed by atoms with E-state index in [9.17, 15) is 14.4 Å². The quantitative estimate of drug-likeness (QED) is 0.197. The minimum absolute atomic E-state index is 0.0559. The predicted molar refractivity (Wildman–Crippen MR) is 119 cm³/mol. The molecule has 0 saturated heterocycles. The molecule has 1 aliphatic carbocycles. The van der Waals surface area contributed by atoms with Crippen LogP contribution < -0.4 is 27.8 Å². The van der Waals surface area contributed by atoms with E-state index in [-0.39, 0.29) is 30.6 Å². The molecule has 1 fully saturated rings. The van der Waals surface area contributed by atoms with E-state index < -0.39 is 0 Å². The number of amides is 2. The van der Waals surface area contributed by atoms with Crippen molar-refractivity contribution in [1.82, 2.24) is 10.6 Å². The molecule has 0 aromatic rings. The first kappa shape index (κ1) is 29.3. The van der Waals surface area contributed by atoms with E-state index in [1.54, 1.807) is 6.92 Å². The number of unbranched alkanes of at least 4 members (excludes halogenated alkanes) is 2. The highest BCUT2D eigenvalue weighted by Gasteiger charge is 2.19. The largest absolute Gasteiger partial charge is 0.377 e. The summed E-state index contributed by atoms with van der Waals surface area (Å²) in [7, 11) is 0. The molecule has 1 saturated carbocycles. The Morgan fingerprint density at radius 1 is 1.07 bits per heavy atom. The molecule has 2 atom stereocenters. The van der Waals surface area contributed by atoms with Crippen molar-refractivity contribution in [3.05, 3.63) is 11.3 Å². The van der Waals surface area contributed by atoms with Gasteiger partial charge in [-0.25, -0.2) is 0 Å². The molecule has 8 N–H and O–H groups in total. The summed E-state index contributed by atoms with van der Waals surface area (Å²) in [4.78, 5) is 32.0. The standard InChI is InChI=1S/C12H22N2O.C8H15NO2.CH6N2/c1-3-4-5-6-11(10-7-8-10)14-9(2)12(13)15;1-6(2)4-8(11)9-7(3)5-10;2-1-3/h9,14H,3-8H2,1-2H3,(H2,13,15);5-7H,4H2,1-3H3,(H,9,11);1-3H2. The number of aldehydes is 1. The van der Waals surface area contributed by atoms with Crippen molar-refractivity contribution in [3.63, 3.8) is 0 Å². The van der Waals surface area contributed by atoms with E-state index >= 15 is 0 Å². The second-order valence-corrected chi connectivity index (χ2v) is 7.63. The first-order valence-electron chi connectivity index (χ1n) is 10.5. The van der Waals surface area contributed by atoms with Gasteiger partial charge in [0.25, 0.3) is 0 Å². The SMILES string of the molecule is CC(C)CC(=O)NC(C)C=O.CCCCCC(NC(C)C(N)=O)=C1CC1.NCN. The first-order chi connectivity index (χ1) is 13.6. The molecule has 1 rings (SSSR count). The third kappa shape index (κ3) is 19.2. The molecule has 29 heavy (non-hydrogen) atoms. The number of carbonyl (C=O) groups excluding carboxylic acids is 3. The monoisotopic (exact) mass is 413 g/mol. The van der Waals surface area contributed by atoms with Gasteiger partial charge in [-0.2, -0.15) is 0 Å². The van der Waals surface area contributed by atoms with E-state index in [1.807, 2.05) is 20.8 Å². The lowest BCUT2D eigenvalue weighted by Crippen LogP contribution is -2.38. The van der Waals surface area contributed by atoms with Crippen molar-refractivity contribution in [2.24, 2.45) is 23.1 Å². The Labute approximate surface area is 176 Å². The lowest BCUT2D eigenvalue weighted by molar-refractivity contribution is -0.124. The Hall–Kier alpha value is -1.93. The van der Waals surface area contributed by atoms with E-state index in [4.69, 9.17) is 5.73 Å². The van der Waals surface area contributed by atoms with Crippen LogP contribution in [0, 0.1) is 5.92 Å². The van der Waals surface area contributed by atoms with Gasteiger partial charge in [0.2, 0.25) is 11.8 Å². The van der Waals surface area contributed by atoms with Crippen molar-refractivity contribution >= 4 is 18.1 Å². The van der Waals surface area contributed by atoms with Gasteiger partial charge >= 0.3 is 0 Å². The van der Waals surface area contributed by atoms with Crippen LogP contribution in [0.5, 0.6) is 0 Å². The number of hydrogen-bond acceptors (Lipinski definition) is 6. The maximum absolute atomic E-state index is 11.0. The molecular weight excluding hydrogens is 370 g/mol. The molecule has 0 aromatic heterocycles. The van der Waals surface area contributed by atoms with Crippen LogP contribution in [-0.4, -0.2) is 36.9 Å². The Morgan fingerprint density at radius 3 is 2.00 bits per heavy atom. The third-order valence-corrected chi connectivity index (χ3v) is 3.96. The van der Waals surface area contributed by atoms with E-state index in [2.05, 4.69) is 29.0 Å². The van der Waals surface area contributed by atoms with Gasteiger partial charge in [0, 0.05) is 18.8 Å². The van der Waals surface area contributed by atoms with Gasteiger partial charge in [0.15, 0.2) is 0 Å². The molecule has 8 heteroatoms. The number of rotatable bonds is 11. The fraction of sp³-hybridized carbons (Fsp3) is 0.762. The first-order valence-corrected chi connectivity index (χ1v) is 10.5. The molecule has 0 aromatic carbocycles. The van der Waals surface area contributed by atoms with Gasteiger partial charge in [-0.3, -0.25) is 9.59 Å². The van der Waals surface area contributed by atoms with E-state index in [1.165, 1.54) is 43.4 Å². The van der Waals surface area contributed by atoms with Crippen molar-refractivity contribution in [1.29, 1.82) is 0 Å². The van der Waals surface area contributed by atoms with Gasteiger partial charge in [0.05, 0.1) is 6.04 Å². The molecule has 2 amide bonds. The zero-order chi connectivity index (χ0) is 22.8. The number of hydrogen-bond donors (Lipinski definition) is 5. The zero-order valence-corrected chi connectivity index (χ0v) is 18.9. The number of nitrogens with one attached hydrogen (secondary N) is 2. The summed E-state index contributed by atoms with van der Waals surface area (Å²) in [5.74, 6) is 0.0118. The summed E-state index contributed by atoms with van der Waals surface area (Å²) >= 11 is 0. The molecule has 8 nitrogen and oxygen atoms in total. The van der Waals surface area contributed by atoms with Crippen LogP contribution in [0.25, 0.3) is 0 Å². The van der Waals surface area contributed by atoms with Crippen LogP contribution in [-0.2, 0) is 14.4 Å². The fourth-order valence-corrected chi connectivity index (χ4v) is 2.32. The van der Waals surface area contributed by atoms with Crippen LogP contribution in [0.15, 0.2) is 11.3 Å². The van der Waals surface area contributed by atoms with E-state index in [0.717, 1.165) is 12.7 Å². The van der Waals surface area contributed by atoms with Gasteiger partial charge in [-0.05, 0) is 45.4 Å². The van der Waals surface area contributed by atoms with Crippen LogP contribution in [0.2, 0.25) is 0 Å². The average Bonchev–Trinajstić information content (AvgIpc) is 3.46. The van der Waals surface area contributed by atoms with Crippen LogP contribution in [0.3, 0.4) is 0 Å². The predicted octanol–water partition coefficient (Wildman–Crippen LogP) is 1.68. The lowest BCUT2D eigenvalue weighted by atomic mass is 10.1. The zero-order valence-electron chi connectivity index (χ0n) is 18.9. The van der Waals surface area contributed by atoms with Gasteiger partial charge in [0.1, 0.15) is 12.3 Å². The Balaban J connectivity index is 0. The van der Waals surface area contributed by atoms with Crippen LogP contribution in [0.1, 0.15) is 79.6 Å². The molecular formula is C21H43N5O3. The molecule has 0 radical (unpaired) electrons. The summed E-state index contributed by atoms with van der Waals surface area (Å²) in [5.41, 5.74) is 17.2. The normalized spacial score (nSPS) is 13.7. The maximum atomic E-state index is 11.0. The minimum Gasteiger partial charge on any atom is -0.377 e. The number of primary amides is 1. The summed E-state index contributed by atoms with van der Waals surface area (Å²) in [5, 5.41) is 5.80. The summed E-state index contributed by atoms with van der Waals surface area (Å²) in [6.07, 6.45) is 8.35. The molecule has 0 spiro atoms. The Bertz CT molecular complexity index is 501. The fourth-order valence-electron chi connectivity index (χ4n) is 2.32. The summed E-state index contributed by atoms with van der Waals surface area (Å²) < 4.78 is 0. The van der Waals surface area contributed by atoms with E-state index in [0.29, 0.717) is 12.3 Å². The lowest BCUT2D eigenvalue weighted by Gasteiger charge is -2.15. The molecule has 0 bridgehead atoms. The highest BCUT2D eigenvalue weighted by Crippen LogP contribution is 2.32. The smallest absolute Gasteiger partial charge is 0.239 e.